The second kappa shape index (κ2) is 12.6. The van der Waals surface area contributed by atoms with Crippen molar-refractivity contribution in [1.29, 1.82) is 0 Å². The lowest BCUT2D eigenvalue weighted by atomic mass is 10.1. The number of rotatable bonds is 12. The number of halogens is 2. The number of nitrogens with one attached hydrogen (secondary N) is 2. The normalized spacial score (nSPS) is 12.7. The number of carbonyl (C=O) groups is 2. The molecule has 0 aliphatic rings. The Kier molecular flexibility index (Phi) is 10.8. The fraction of sp³-hybridized carbons (Fsp3) is 0.579. The maximum Gasteiger partial charge on any atom is 0.407 e. The molecule has 0 saturated carbocycles. The zero-order chi connectivity index (χ0) is 22.7. The first-order valence-electron chi connectivity index (χ1n) is 9.47. The van der Waals surface area contributed by atoms with Crippen LogP contribution in [-0.2, 0) is 9.53 Å². The van der Waals surface area contributed by atoms with E-state index in [9.17, 15) is 23.5 Å². The minimum absolute atomic E-state index is 0.107. The molecule has 0 aromatic heterocycles. The molecule has 11 heteroatoms. The predicted octanol–water partition coefficient (Wildman–Crippen LogP) is 2.23. The van der Waals surface area contributed by atoms with Gasteiger partial charge in [-0.2, -0.15) is 0 Å². The number of alkyl halides is 2. The summed E-state index contributed by atoms with van der Waals surface area (Å²) < 4.78 is 35.0. The van der Waals surface area contributed by atoms with E-state index in [1.54, 1.807) is 28.6 Å². The first-order valence-corrected chi connectivity index (χ1v) is 10.2. The van der Waals surface area contributed by atoms with Gasteiger partial charge in [-0.15, -0.1) is 0 Å². The van der Waals surface area contributed by atoms with Crippen molar-refractivity contribution in [2.24, 2.45) is 0 Å². The molecule has 30 heavy (non-hydrogen) atoms. The van der Waals surface area contributed by atoms with Crippen LogP contribution in [0.3, 0.4) is 0 Å². The summed E-state index contributed by atoms with van der Waals surface area (Å²) in [6.45, 7) is 2.65. The minimum Gasteiger partial charge on any atom is -0.453 e. The van der Waals surface area contributed by atoms with Gasteiger partial charge in [-0.3, -0.25) is 4.79 Å². The van der Waals surface area contributed by atoms with Crippen molar-refractivity contribution < 1.29 is 28.2 Å². The molecule has 1 aromatic carbocycles. The maximum atomic E-state index is 14.5. The SMILES string of the molecule is COC(=O)NCC(=O)NCCC(F)(F)CC(CO)N(Sc1ccc(N)cc1)C(C)C. The number of hydrogen-bond donors (Lipinski definition) is 4. The summed E-state index contributed by atoms with van der Waals surface area (Å²) in [5, 5.41) is 14.2. The molecule has 0 aliphatic heterocycles. The summed E-state index contributed by atoms with van der Waals surface area (Å²) in [6.07, 6.45) is -1.94. The van der Waals surface area contributed by atoms with E-state index in [2.05, 4.69) is 15.4 Å². The number of aliphatic hydroxyl groups is 1. The topological polar surface area (TPSA) is 117 Å². The van der Waals surface area contributed by atoms with Crippen molar-refractivity contribution in [3.8, 4) is 0 Å². The first-order chi connectivity index (χ1) is 14.1. The maximum absolute atomic E-state index is 14.5. The fourth-order valence-electron chi connectivity index (χ4n) is 2.61. The number of alkyl carbamates (subject to hydrolysis) is 1. The average molecular weight is 449 g/mol. The van der Waals surface area contributed by atoms with Gasteiger partial charge < -0.3 is 26.2 Å². The summed E-state index contributed by atoms with van der Waals surface area (Å²) in [7, 11) is 1.15. The number of nitrogen functional groups attached to an aromatic ring is 1. The zero-order valence-electron chi connectivity index (χ0n) is 17.4. The van der Waals surface area contributed by atoms with Crippen LogP contribution < -0.4 is 16.4 Å². The zero-order valence-corrected chi connectivity index (χ0v) is 18.2. The number of methoxy groups -OCH3 is 1. The molecule has 1 aromatic rings. The first kappa shape index (κ1) is 25.9. The Morgan fingerprint density at radius 2 is 1.90 bits per heavy atom. The van der Waals surface area contributed by atoms with Gasteiger partial charge in [0, 0.05) is 42.1 Å². The lowest BCUT2D eigenvalue weighted by Crippen LogP contribution is -2.43. The van der Waals surface area contributed by atoms with Gasteiger partial charge in [-0.1, -0.05) is 0 Å². The lowest BCUT2D eigenvalue weighted by Gasteiger charge is -2.34. The lowest BCUT2D eigenvalue weighted by molar-refractivity contribution is -0.120. The monoisotopic (exact) mass is 448 g/mol. The van der Waals surface area contributed by atoms with E-state index < -0.39 is 43.4 Å². The van der Waals surface area contributed by atoms with E-state index in [4.69, 9.17) is 5.73 Å². The Balaban J connectivity index is 2.61. The van der Waals surface area contributed by atoms with E-state index >= 15 is 0 Å². The number of anilines is 1. The number of nitrogens with zero attached hydrogens (tertiary/aromatic N) is 1. The van der Waals surface area contributed by atoms with Gasteiger partial charge in [-0.25, -0.2) is 17.9 Å². The second-order valence-corrected chi connectivity index (χ2v) is 8.03. The van der Waals surface area contributed by atoms with Gasteiger partial charge in [-0.05, 0) is 50.1 Å². The fourth-order valence-corrected chi connectivity index (χ4v) is 3.61. The van der Waals surface area contributed by atoms with Crippen LogP contribution in [0.4, 0.5) is 19.3 Å². The van der Waals surface area contributed by atoms with Gasteiger partial charge in [0.2, 0.25) is 5.91 Å². The third-order valence-corrected chi connectivity index (χ3v) is 5.51. The molecule has 1 atom stereocenters. The van der Waals surface area contributed by atoms with Crippen molar-refractivity contribution >= 4 is 29.6 Å². The number of carbonyl (C=O) groups excluding carboxylic acids is 2. The van der Waals surface area contributed by atoms with E-state index in [0.717, 1.165) is 12.0 Å². The van der Waals surface area contributed by atoms with E-state index in [0.29, 0.717) is 5.69 Å². The molecule has 170 valence electrons. The van der Waals surface area contributed by atoms with Crippen molar-refractivity contribution in [2.45, 2.75) is 49.6 Å². The van der Waals surface area contributed by atoms with Crippen molar-refractivity contribution in [1.82, 2.24) is 14.9 Å². The Bertz CT molecular complexity index is 677. The highest BCUT2D eigenvalue weighted by Gasteiger charge is 2.36. The van der Waals surface area contributed by atoms with E-state index in [1.165, 1.54) is 11.9 Å². The molecule has 0 heterocycles. The number of nitrogens with two attached hydrogens (primary N) is 1. The number of aliphatic hydroxyl groups excluding tert-OH is 1. The molecular formula is C19H30F2N4O4S. The summed E-state index contributed by atoms with van der Waals surface area (Å²) in [4.78, 5) is 23.3. The number of amides is 2. The smallest absolute Gasteiger partial charge is 0.407 e. The highest BCUT2D eigenvalue weighted by atomic mass is 32.2. The number of benzene rings is 1. The van der Waals surface area contributed by atoms with E-state index in [-0.39, 0.29) is 19.1 Å². The summed E-state index contributed by atoms with van der Waals surface area (Å²) in [6, 6.07) is 6.13. The highest BCUT2D eigenvalue weighted by molar-refractivity contribution is 7.97. The van der Waals surface area contributed by atoms with Gasteiger partial charge in [0.1, 0.15) is 0 Å². The van der Waals surface area contributed by atoms with Crippen LogP contribution >= 0.6 is 11.9 Å². The van der Waals surface area contributed by atoms with Gasteiger partial charge in [0.25, 0.3) is 5.92 Å². The molecule has 0 radical (unpaired) electrons. The molecule has 0 spiro atoms. The van der Waals surface area contributed by atoms with Crippen LogP contribution in [0.2, 0.25) is 0 Å². The Hall–Kier alpha value is -2.11. The Morgan fingerprint density at radius 1 is 1.27 bits per heavy atom. The molecule has 5 N–H and O–H groups in total. The Morgan fingerprint density at radius 3 is 2.43 bits per heavy atom. The van der Waals surface area contributed by atoms with Gasteiger partial charge in [0.05, 0.1) is 20.3 Å². The highest BCUT2D eigenvalue weighted by Crippen LogP contribution is 2.33. The molecule has 0 saturated heterocycles. The molecule has 0 fully saturated rings. The molecule has 0 aliphatic carbocycles. The van der Waals surface area contributed by atoms with Crippen LogP contribution in [0.25, 0.3) is 0 Å². The van der Waals surface area contributed by atoms with Gasteiger partial charge in [0.15, 0.2) is 0 Å². The standard InChI is InChI=1S/C19H30F2N4O4S/c1-13(2)25(30-16-6-4-14(22)5-7-16)15(12-26)10-19(20,21)8-9-23-17(27)11-24-18(28)29-3/h4-7,13,15,26H,8-12,22H2,1-3H3,(H,23,27)(H,24,28). The summed E-state index contributed by atoms with van der Waals surface area (Å²) in [5.74, 6) is -3.71. The third kappa shape index (κ3) is 9.59. The van der Waals surface area contributed by atoms with Crippen LogP contribution in [-0.4, -0.2) is 66.2 Å². The molecule has 1 unspecified atom stereocenters. The number of hydrogen-bond acceptors (Lipinski definition) is 7. The van der Waals surface area contributed by atoms with Crippen LogP contribution in [0.15, 0.2) is 29.2 Å². The summed E-state index contributed by atoms with van der Waals surface area (Å²) >= 11 is 1.28. The molecule has 8 nitrogen and oxygen atoms in total. The molecular weight excluding hydrogens is 418 g/mol. The molecule has 0 bridgehead atoms. The van der Waals surface area contributed by atoms with Crippen LogP contribution in [0, 0.1) is 0 Å². The minimum atomic E-state index is -3.11. The summed E-state index contributed by atoms with van der Waals surface area (Å²) in [5.41, 5.74) is 6.28. The molecule has 1 rings (SSSR count). The van der Waals surface area contributed by atoms with Gasteiger partial charge >= 0.3 is 6.09 Å². The van der Waals surface area contributed by atoms with E-state index in [1.807, 2.05) is 13.8 Å². The second-order valence-electron chi connectivity index (χ2n) is 6.96. The predicted molar refractivity (Wildman–Crippen MR) is 112 cm³/mol. The van der Waals surface area contributed by atoms with Crippen molar-refractivity contribution in [3.63, 3.8) is 0 Å². The number of ether oxygens (including phenoxy) is 1. The van der Waals surface area contributed by atoms with Crippen LogP contribution in [0.1, 0.15) is 26.7 Å². The van der Waals surface area contributed by atoms with Crippen molar-refractivity contribution in [2.75, 3.05) is 32.5 Å². The average Bonchev–Trinajstić information content (AvgIpc) is 2.69. The van der Waals surface area contributed by atoms with Crippen molar-refractivity contribution in [3.05, 3.63) is 24.3 Å². The molecule has 2 amide bonds. The quantitative estimate of drug-likeness (QED) is 0.286. The third-order valence-electron chi connectivity index (χ3n) is 4.10. The Labute approximate surface area is 179 Å². The van der Waals surface area contributed by atoms with Crippen LogP contribution in [0.5, 0.6) is 0 Å². The largest absolute Gasteiger partial charge is 0.453 e.